The maximum absolute atomic E-state index is 12.3. The number of carbonyl (C=O) groups is 4. The van der Waals surface area contributed by atoms with Crippen molar-refractivity contribution in [1.82, 2.24) is 10.2 Å². The Balaban J connectivity index is 1.65. The molecule has 0 unspecified atom stereocenters. The molecule has 1 aromatic rings. The van der Waals surface area contributed by atoms with Gasteiger partial charge >= 0.3 is 5.97 Å². The van der Waals surface area contributed by atoms with Crippen molar-refractivity contribution in [1.29, 1.82) is 0 Å². The van der Waals surface area contributed by atoms with Crippen LogP contribution in [0.25, 0.3) is 0 Å². The summed E-state index contributed by atoms with van der Waals surface area (Å²) in [6, 6.07) is 7.52. The highest BCUT2D eigenvalue weighted by atomic mass is 32.2. The summed E-state index contributed by atoms with van der Waals surface area (Å²) in [5, 5.41) is 11.3. The first-order chi connectivity index (χ1) is 12.4. The predicted octanol–water partition coefficient (Wildman–Crippen LogP) is 0.602. The minimum atomic E-state index is -1.26. The zero-order chi connectivity index (χ0) is 18.8. The average Bonchev–Trinajstić information content (AvgIpc) is 2.65. The number of nitrogens with zero attached hydrogens (tertiary/aromatic N) is 1. The molecule has 2 aliphatic rings. The lowest BCUT2D eigenvalue weighted by molar-refractivity contribution is -0.151. The van der Waals surface area contributed by atoms with Gasteiger partial charge in [0.1, 0.15) is 17.2 Å². The molecule has 1 aromatic carbocycles. The summed E-state index contributed by atoms with van der Waals surface area (Å²) in [5.74, 6) is -2.23. The molecular formula is C17H16N2O6S. The zero-order valence-corrected chi connectivity index (χ0v) is 14.6. The predicted molar refractivity (Wildman–Crippen MR) is 92.1 cm³/mol. The van der Waals surface area contributed by atoms with Gasteiger partial charge in [-0.25, -0.2) is 4.79 Å². The maximum atomic E-state index is 12.3. The Bertz CT molecular complexity index is 807. The van der Waals surface area contributed by atoms with Gasteiger partial charge in [0.25, 0.3) is 5.91 Å². The van der Waals surface area contributed by atoms with Crippen molar-refractivity contribution in [2.45, 2.75) is 17.8 Å². The molecule has 9 heteroatoms. The number of carboxylic acids is 1. The molecule has 1 fully saturated rings. The van der Waals surface area contributed by atoms with Gasteiger partial charge in [0.2, 0.25) is 5.91 Å². The number of carboxylic acid groups (broad SMARTS) is 1. The minimum absolute atomic E-state index is 0.202. The van der Waals surface area contributed by atoms with E-state index in [2.05, 4.69) is 5.32 Å². The number of ketones is 1. The number of Topliss-reactive ketones (excluding diaryl/α,β-unsaturated/α-hetero) is 1. The van der Waals surface area contributed by atoms with Crippen molar-refractivity contribution in [3.05, 3.63) is 47.4 Å². The van der Waals surface area contributed by atoms with E-state index >= 15 is 0 Å². The van der Waals surface area contributed by atoms with E-state index in [1.165, 1.54) is 18.9 Å². The second-order valence-corrected chi connectivity index (χ2v) is 6.81. The van der Waals surface area contributed by atoms with Crippen LogP contribution < -0.4 is 5.32 Å². The third-order valence-corrected chi connectivity index (χ3v) is 5.37. The number of carbonyl (C=O) groups excluding carboxylic acids is 3. The van der Waals surface area contributed by atoms with Crippen molar-refractivity contribution in [3.8, 4) is 0 Å². The van der Waals surface area contributed by atoms with Crippen LogP contribution in [-0.4, -0.2) is 57.9 Å². The van der Waals surface area contributed by atoms with Gasteiger partial charge in [-0.05, 0) is 0 Å². The fourth-order valence-corrected chi connectivity index (χ4v) is 4.16. The number of nitrogens with one attached hydrogen (secondary N) is 1. The van der Waals surface area contributed by atoms with E-state index < -0.39 is 29.2 Å². The van der Waals surface area contributed by atoms with E-state index in [0.29, 0.717) is 5.56 Å². The normalized spacial score (nSPS) is 21.6. The number of hydrogen-bond donors (Lipinski definition) is 2. The van der Waals surface area contributed by atoms with Gasteiger partial charge in [0, 0.05) is 5.56 Å². The van der Waals surface area contributed by atoms with E-state index in [1.54, 1.807) is 30.3 Å². The second-order valence-electron chi connectivity index (χ2n) is 5.70. The number of hydrogen-bond acceptors (Lipinski definition) is 6. The molecule has 8 nitrogen and oxygen atoms in total. The maximum Gasteiger partial charge on any atom is 0.356 e. The number of aliphatic carboxylic acids is 1. The summed E-state index contributed by atoms with van der Waals surface area (Å²) in [4.78, 5) is 49.0. The van der Waals surface area contributed by atoms with Gasteiger partial charge in [-0.3, -0.25) is 19.3 Å². The molecule has 2 amide bonds. The Morgan fingerprint density at radius 1 is 1.31 bits per heavy atom. The molecule has 0 radical (unpaired) electrons. The summed E-state index contributed by atoms with van der Waals surface area (Å²) < 4.78 is 5.04. The van der Waals surface area contributed by atoms with Gasteiger partial charge < -0.3 is 15.2 Å². The lowest BCUT2D eigenvalue weighted by Crippen LogP contribution is -2.70. The van der Waals surface area contributed by atoms with Crippen LogP contribution >= 0.6 is 11.8 Å². The van der Waals surface area contributed by atoms with Crippen LogP contribution in [0.15, 0.2) is 41.8 Å². The fourth-order valence-electron chi connectivity index (χ4n) is 2.84. The van der Waals surface area contributed by atoms with E-state index in [4.69, 9.17) is 4.74 Å². The van der Waals surface area contributed by atoms with Crippen LogP contribution in [0.2, 0.25) is 0 Å². The molecular weight excluding hydrogens is 360 g/mol. The first-order valence-corrected chi connectivity index (χ1v) is 8.81. The number of β-lactam (4-membered cyclic amide) rings is 1. The topological polar surface area (TPSA) is 113 Å². The molecule has 136 valence electrons. The number of fused-ring (bicyclic) bond motifs is 1. The Labute approximate surface area is 153 Å². The summed E-state index contributed by atoms with van der Waals surface area (Å²) in [7, 11) is 1.35. The lowest BCUT2D eigenvalue weighted by atomic mass is 10.0. The molecule has 3 rings (SSSR count). The third-order valence-electron chi connectivity index (χ3n) is 4.12. The molecule has 0 saturated carbocycles. The van der Waals surface area contributed by atoms with E-state index in [0.717, 1.165) is 4.90 Å². The first kappa shape index (κ1) is 18.0. The number of methoxy groups -OCH3 is 1. The van der Waals surface area contributed by atoms with Crippen molar-refractivity contribution >= 4 is 35.3 Å². The molecule has 0 aliphatic carbocycles. The summed E-state index contributed by atoms with van der Waals surface area (Å²) in [6.45, 7) is 0. The number of rotatable bonds is 6. The Morgan fingerprint density at radius 2 is 2.00 bits per heavy atom. The number of thioether (sulfide) groups is 1. The molecule has 0 spiro atoms. The Hall–Kier alpha value is -2.81. The number of amides is 2. The molecule has 0 bridgehead atoms. The quantitative estimate of drug-likeness (QED) is 0.425. The van der Waals surface area contributed by atoms with Gasteiger partial charge in [0.15, 0.2) is 11.5 Å². The molecule has 0 aromatic heterocycles. The molecule has 2 aliphatic heterocycles. The first-order valence-electron chi connectivity index (χ1n) is 7.76. The van der Waals surface area contributed by atoms with Gasteiger partial charge in [0.05, 0.1) is 19.3 Å². The monoisotopic (exact) mass is 376 g/mol. The SMILES string of the molecule is COC1=C(C(=O)O)N2C(=O)[C@@H](NC(=O)CC(=O)c3ccccc3)[C@@H]2SC1. The summed E-state index contributed by atoms with van der Waals surface area (Å²) in [6.07, 6.45) is -0.379. The van der Waals surface area contributed by atoms with Crippen molar-refractivity contribution < 1.29 is 29.0 Å². The van der Waals surface area contributed by atoms with Crippen LogP contribution in [0.3, 0.4) is 0 Å². The Morgan fingerprint density at radius 3 is 2.62 bits per heavy atom. The van der Waals surface area contributed by atoms with Crippen molar-refractivity contribution in [2.75, 3.05) is 12.9 Å². The summed E-state index contributed by atoms with van der Waals surface area (Å²) in [5.41, 5.74) is 0.212. The van der Waals surface area contributed by atoms with E-state index in [-0.39, 0.29) is 29.4 Å². The van der Waals surface area contributed by atoms with Crippen LogP contribution in [0, 0.1) is 0 Å². The van der Waals surface area contributed by atoms with Gasteiger partial charge in [-0.2, -0.15) is 0 Å². The van der Waals surface area contributed by atoms with Crippen molar-refractivity contribution in [2.24, 2.45) is 0 Å². The molecule has 2 heterocycles. The van der Waals surface area contributed by atoms with E-state index in [9.17, 15) is 24.3 Å². The molecule has 2 atom stereocenters. The van der Waals surface area contributed by atoms with Crippen LogP contribution in [0.1, 0.15) is 16.8 Å². The zero-order valence-electron chi connectivity index (χ0n) is 13.8. The van der Waals surface area contributed by atoms with Crippen LogP contribution in [0.5, 0.6) is 0 Å². The fraction of sp³-hybridized carbons (Fsp3) is 0.294. The highest BCUT2D eigenvalue weighted by molar-refractivity contribution is 8.00. The second kappa shape index (κ2) is 7.20. The summed E-state index contributed by atoms with van der Waals surface area (Å²) >= 11 is 1.30. The number of ether oxygens (including phenoxy) is 1. The highest BCUT2D eigenvalue weighted by Crippen LogP contribution is 2.40. The Kier molecular flexibility index (Phi) is 4.99. The standard InChI is InChI=1S/C17H16N2O6S/c1-25-11-8-26-16-13(15(22)19(16)14(11)17(23)24)18-12(21)7-10(20)9-5-3-2-4-6-9/h2-6,13,16H,7-8H2,1H3,(H,18,21)(H,23,24)/t13-,16+/m1/s1. The number of benzene rings is 1. The van der Waals surface area contributed by atoms with Gasteiger partial charge in [-0.15, -0.1) is 11.8 Å². The molecule has 1 saturated heterocycles. The third kappa shape index (κ3) is 3.17. The lowest BCUT2D eigenvalue weighted by Gasteiger charge is -2.48. The smallest absolute Gasteiger partial charge is 0.356 e. The highest BCUT2D eigenvalue weighted by Gasteiger charge is 2.54. The largest absolute Gasteiger partial charge is 0.498 e. The molecule has 26 heavy (non-hydrogen) atoms. The molecule has 2 N–H and O–H groups in total. The van der Waals surface area contributed by atoms with Crippen molar-refractivity contribution in [3.63, 3.8) is 0 Å². The van der Waals surface area contributed by atoms with Crippen LogP contribution in [-0.2, 0) is 19.1 Å². The van der Waals surface area contributed by atoms with E-state index in [1.807, 2.05) is 0 Å². The minimum Gasteiger partial charge on any atom is -0.498 e. The average molecular weight is 376 g/mol. The van der Waals surface area contributed by atoms with Crippen LogP contribution in [0.4, 0.5) is 0 Å². The van der Waals surface area contributed by atoms with Gasteiger partial charge in [-0.1, -0.05) is 30.3 Å².